The van der Waals surface area contributed by atoms with E-state index in [9.17, 15) is 9.59 Å². The summed E-state index contributed by atoms with van der Waals surface area (Å²) in [4.78, 5) is 26.2. The van der Waals surface area contributed by atoms with Crippen LogP contribution in [0.5, 0.6) is 0 Å². The largest absolute Gasteiger partial charge is 0.339 e. The van der Waals surface area contributed by atoms with E-state index in [1.807, 2.05) is 18.7 Å². The van der Waals surface area contributed by atoms with E-state index >= 15 is 0 Å². The van der Waals surface area contributed by atoms with E-state index in [0.717, 1.165) is 44.7 Å². The van der Waals surface area contributed by atoms with Gasteiger partial charge in [0.2, 0.25) is 5.91 Å². The van der Waals surface area contributed by atoms with E-state index in [2.05, 4.69) is 17.6 Å². The van der Waals surface area contributed by atoms with Gasteiger partial charge < -0.3 is 15.5 Å². The summed E-state index contributed by atoms with van der Waals surface area (Å²) >= 11 is 0. The molecule has 2 N–H and O–H groups in total. The number of hydrogen-bond donors (Lipinski definition) is 2. The molecule has 0 spiro atoms. The second kappa shape index (κ2) is 10.4. The van der Waals surface area contributed by atoms with Crippen LogP contribution in [0.4, 0.5) is 5.69 Å². The maximum atomic E-state index is 12.6. The van der Waals surface area contributed by atoms with Crippen molar-refractivity contribution < 1.29 is 9.59 Å². The number of benzene rings is 1. The Morgan fingerprint density at radius 3 is 2.28 bits per heavy atom. The Kier molecular flexibility index (Phi) is 8.93. The number of likely N-dealkylation sites (tertiary alicyclic amines) is 1. The van der Waals surface area contributed by atoms with Gasteiger partial charge in [0.15, 0.2) is 0 Å². The Morgan fingerprint density at radius 2 is 1.76 bits per heavy atom. The molecule has 0 saturated carbocycles. The molecule has 1 saturated heterocycles. The predicted molar refractivity (Wildman–Crippen MR) is 104 cm³/mol. The molecule has 1 fully saturated rings. The van der Waals surface area contributed by atoms with E-state index in [-0.39, 0.29) is 30.1 Å². The van der Waals surface area contributed by atoms with Crippen molar-refractivity contribution >= 4 is 29.9 Å². The molecule has 0 radical (unpaired) electrons. The van der Waals surface area contributed by atoms with Gasteiger partial charge in [0, 0.05) is 30.3 Å². The van der Waals surface area contributed by atoms with Crippen molar-refractivity contribution in [2.75, 3.05) is 31.5 Å². The van der Waals surface area contributed by atoms with Gasteiger partial charge in [-0.15, -0.1) is 12.4 Å². The van der Waals surface area contributed by atoms with Gasteiger partial charge >= 0.3 is 0 Å². The van der Waals surface area contributed by atoms with Gasteiger partial charge in [-0.25, -0.2) is 0 Å². The molecule has 0 aliphatic carbocycles. The molecule has 1 aliphatic heterocycles. The molecule has 0 aromatic heterocycles. The Hall–Kier alpha value is -1.59. The number of halogens is 1. The van der Waals surface area contributed by atoms with Crippen molar-refractivity contribution in [1.29, 1.82) is 0 Å². The molecule has 1 aliphatic rings. The highest BCUT2D eigenvalue weighted by molar-refractivity contribution is 5.96. The molecule has 0 atom stereocenters. The van der Waals surface area contributed by atoms with Gasteiger partial charge in [0.25, 0.3) is 5.91 Å². The van der Waals surface area contributed by atoms with Crippen LogP contribution in [0.2, 0.25) is 0 Å². The molecule has 25 heavy (non-hydrogen) atoms. The smallest absolute Gasteiger partial charge is 0.253 e. The molecule has 5 nitrogen and oxygen atoms in total. The van der Waals surface area contributed by atoms with Crippen molar-refractivity contribution in [3.63, 3.8) is 0 Å². The normalized spacial score (nSPS) is 15.0. The molecule has 1 heterocycles. The molecule has 1 aromatic rings. The number of piperidine rings is 1. The van der Waals surface area contributed by atoms with Crippen molar-refractivity contribution in [2.45, 2.75) is 33.6 Å². The number of nitrogens with zero attached hydrogens (tertiary/aromatic N) is 1. The number of anilines is 1. The fourth-order valence-corrected chi connectivity index (χ4v) is 2.85. The lowest BCUT2D eigenvalue weighted by atomic mass is 9.96. The highest BCUT2D eigenvalue weighted by Crippen LogP contribution is 2.19. The van der Waals surface area contributed by atoms with Crippen LogP contribution in [0.3, 0.4) is 0 Å². The number of hydrogen-bond acceptors (Lipinski definition) is 3. The summed E-state index contributed by atoms with van der Waals surface area (Å²) in [6.07, 6.45) is 2.11. The first kappa shape index (κ1) is 21.5. The molecule has 2 amide bonds. The zero-order valence-electron chi connectivity index (χ0n) is 15.4. The van der Waals surface area contributed by atoms with Gasteiger partial charge in [0.05, 0.1) is 0 Å². The lowest BCUT2D eigenvalue weighted by Crippen LogP contribution is -2.40. The highest BCUT2D eigenvalue weighted by Gasteiger charge is 2.23. The molecule has 0 bridgehead atoms. The Labute approximate surface area is 157 Å². The minimum atomic E-state index is -0.0604. The molecule has 1 aromatic carbocycles. The number of nitrogens with one attached hydrogen (secondary N) is 2. The van der Waals surface area contributed by atoms with Crippen LogP contribution in [-0.4, -0.2) is 42.9 Å². The van der Waals surface area contributed by atoms with Crippen molar-refractivity contribution in [2.24, 2.45) is 11.8 Å². The summed E-state index contributed by atoms with van der Waals surface area (Å²) in [5, 5.41) is 6.23. The fraction of sp³-hybridized carbons (Fsp3) is 0.579. The number of rotatable bonds is 6. The monoisotopic (exact) mass is 367 g/mol. The lowest BCUT2D eigenvalue weighted by molar-refractivity contribution is -0.118. The van der Waals surface area contributed by atoms with Crippen LogP contribution in [0.1, 0.15) is 44.0 Å². The third-order valence-electron chi connectivity index (χ3n) is 4.51. The summed E-state index contributed by atoms with van der Waals surface area (Å²) in [5.74, 6) is 0.674. The standard InChI is InChI=1S/C19H29N3O2.ClH/c1-4-20-13-15-9-11-22(12-10-15)19(24)16-5-7-17(8-6-16)21-18(23)14(2)3;/h5-8,14-15,20H,4,9-13H2,1-3H3,(H,21,23);1H. The van der Waals surface area contributed by atoms with E-state index < -0.39 is 0 Å². The maximum absolute atomic E-state index is 12.6. The van der Waals surface area contributed by atoms with Crippen molar-refractivity contribution in [1.82, 2.24) is 10.2 Å². The summed E-state index contributed by atoms with van der Waals surface area (Å²) < 4.78 is 0. The topological polar surface area (TPSA) is 61.4 Å². The van der Waals surface area contributed by atoms with E-state index in [1.54, 1.807) is 24.3 Å². The molecular formula is C19H30ClN3O2. The van der Waals surface area contributed by atoms with Gasteiger partial charge in [-0.05, 0) is 56.1 Å². The average Bonchev–Trinajstić information content (AvgIpc) is 2.60. The Balaban J connectivity index is 0.00000312. The first-order valence-electron chi connectivity index (χ1n) is 8.92. The first-order chi connectivity index (χ1) is 11.5. The van der Waals surface area contributed by atoms with Gasteiger partial charge in [0.1, 0.15) is 0 Å². The summed E-state index contributed by atoms with van der Waals surface area (Å²) in [6, 6.07) is 7.18. The average molecular weight is 368 g/mol. The van der Waals surface area contributed by atoms with Crippen molar-refractivity contribution in [3.8, 4) is 0 Å². The number of carbonyl (C=O) groups excluding carboxylic acids is 2. The summed E-state index contributed by atoms with van der Waals surface area (Å²) in [5.41, 5.74) is 1.41. The van der Waals surface area contributed by atoms with Crippen molar-refractivity contribution in [3.05, 3.63) is 29.8 Å². The Bertz CT molecular complexity index is 552. The lowest BCUT2D eigenvalue weighted by Gasteiger charge is -2.32. The number of amides is 2. The van der Waals surface area contributed by atoms with Crippen LogP contribution < -0.4 is 10.6 Å². The SMILES string of the molecule is CCNCC1CCN(C(=O)c2ccc(NC(=O)C(C)C)cc2)CC1.Cl. The van der Waals surface area contributed by atoms with Gasteiger partial charge in [-0.3, -0.25) is 9.59 Å². The molecule has 2 rings (SSSR count). The summed E-state index contributed by atoms with van der Waals surface area (Å²) in [6.45, 7) is 9.51. The molecule has 6 heteroatoms. The predicted octanol–water partition coefficient (Wildman–Crippen LogP) is 3.16. The highest BCUT2D eigenvalue weighted by atomic mass is 35.5. The third kappa shape index (κ3) is 6.33. The van der Waals surface area contributed by atoms with E-state index in [0.29, 0.717) is 11.5 Å². The zero-order valence-corrected chi connectivity index (χ0v) is 16.2. The number of carbonyl (C=O) groups is 2. The van der Waals surface area contributed by atoms with Crippen LogP contribution in [0.15, 0.2) is 24.3 Å². The summed E-state index contributed by atoms with van der Waals surface area (Å²) in [7, 11) is 0. The maximum Gasteiger partial charge on any atom is 0.253 e. The van der Waals surface area contributed by atoms with Gasteiger partial charge in [-0.1, -0.05) is 20.8 Å². The van der Waals surface area contributed by atoms with E-state index in [1.165, 1.54) is 0 Å². The molecule has 140 valence electrons. The van der Waals surface area contributed by atoms with E-state index in [4.69, 9.17) is 0 Å². The van der Waals surface area contributed by atoms with Crippen LogP contribution in [-0.2, 0) is 4.79 Å². The fourth-order valence-electron chi connectivity index (χ4n) is 2.85. The quantitative estimate of drug-likeness (QED) is 0.811. The minimum absolute atomic E-state index is 0. The molecular weight excluding hydrogens is 338 g/mol. The third-order valence-corrected chi connectivity index (χ3v) is 4.51. The minimum Gasteiger partial charge on any atom is -0.339 e. The first-order valence-corrected chi connectivity index (χ1v) is 8.92. The van der Waals surface area contributed by atoms with Crippen LogP contribution >= 0.6 is 12.4 Å². The molecule has 0 unspecified atom stereocenters. The van der Waals surface area contributed by atoms with Gasteiger partial charge in [-0.2, -0.15) is 0 Å². The van der Waals surface area contributed by atoms with Crippen LogP contribution in [0, 0.1) is 11.8 Å². The Morgan fingerprint density at radius 1 is 1.16 bits per heavy atom. The van der Waals surface area contributed by atoms with Crippen LogP contribution in [0.25, 0.3) is 0 Å². The zero-order chi connectivity index (χ0) is 17.5. The second-order valence-electron chi connectivity index (χ2n) is 6.76. The second-order valence-corrected chi connectivity index (χ2v) is 6.76.